The lowest BCUT2D eigenvalue weighted by atomic mass is 9.92. The van der Waals surface area contributed by atoms with E-state index in [1.165, 1.54) is 135 Å². The van der Waals surface area contributed by atoms with E-state index in [1.54, 1.807) is 0 Å². The molecule has 0 spiro atoms. The van der Waals surface area contributed by atoms with Crippen molar-refractivity contribution in [3.05, 3.63) is 0 Å². The summed E-state index contributed by atoms with van der Waals surface area (Å²) in [5.74, 6) is 0.996. The van der Waals surface area contributed by atoms with Gasteiger partial charge in [0, 0.05) is 6.54 Å². The maximum absolute atomic E-state index is 8.71. The van der Waals surface area contributed by atoms with Gasteiger partial charge in [0.1, 0.15) is 0 Å². The van der Waals surface area contributed by atoms with E-state index in [0.29, 0.717) is 0 Å². The molecule has 176 valence electrons. The largest absolute Gasteiger partial charge is 0.395 e. The quantitative estimate of drug-likeness (QED) is 0.148. The van der Waals surface area contributed by atoms with Gasteiger partial charge in [0.15, 0.2) is 0 Å². The first-order chi connectivity index (χ1) is 14.3. The smallest absolute Gasteiger partial charge is 0.0555 e. The number of hydrogen-bond donors (Lipinski definition) is 2. The van der Waals surface area contributed by atoms with Crippen molar-refractivity contribution in [2.45, 2.75) is 149 Å². The van der Waals surface area contributed by atoms with E-state index in [-0.39, 0.29) is 6.61 Å². The van der Waals surface area contributed by atoms with Crippen LogP contribution in [0.5, 0.6) is 0 Å². The predicted octanol–water partition coefficient (Wildman–Crippen LogP) is 8.42. The Kier molecular flexibility index (Phi) is 25.9. The van der Waals surface area contributed by atoms with Gasteiger partial charge in [-0.05, 0) is 18.9 Å². The normalized spacial score (nSPS) is 12.5. The molecule has 0 aliphatic heterocycles. The number of nitrogens with one attached hydrogen (secondary N) is 1. The van der Waals surface area contributed by atoms with Gasteiger partial charge >= 0.3 is 0 Å². The molecule has 0 aromatic carbocycles. The van der Waals surface area contributed by atoms with E-state index < -0.39 is 0 Å². The number of hydrogen-bond acceptors (Lipinski definition) is 2. The molecule has 29 heavy (non-hydrogen) atoms. The molecule has 0 amide bonds. The monoisotopic (exact) mass is 411 g/mol. The van der Waals surface area contributed by atoms with Gasteiger partial charge in [0.05, 0.1) is 6.61 Å². The molecular formula is C27H57NO. The fraction of sp³-hybridized carbons (Fsp3) is 1.00. The lowest BCUT2D eigenvalue weighted by Crippen LogP contribution is -2.19. The average molecular weight is 412 g/mol. The van der Waals surface area contributed by atoms with Crippen molar-refractivity contribution < 1.29 is 5.11 Å². The summed E-state index contributed by atoms with van der Waals surface area (Å²) in [5.41, 5.74) is 0. The van der Waals surface area contributed by atoms with Crippen molar-refractivity contribution in [2.24, 2.45) is 5.92 Å². The molecule has 0 aromatic rings. The standard InChI is InChI=1S/C27H57NO/c1-3-5-6-7-8-9-10-13-16-19-22-27(4-2)23-20-17-14-11-12-15-18-21-24-28-25-26-29/h27-29H,3-26H2,1-2H3. The van der Waals surface area contributed by atoms with Gasteiger partial charge in [0.2, 0.25) is 0 Å². The highest BCUT2D eigenvalue weighted by Crippen LogP contribution is 2.22. The minimum absolute atomic E-state index is 0.262. The van der Waals surface area contributed by atoms with Crippen LogP contribution in [-0.2, 0) is 0 Å². The highest BCUT2D eigenvalue weighted by atomic mass is 16.3. The molecule has 0 aliphatic rings. The van der Waals surface area contributed by atoms with Crippen LogP contribution in [0.15, 0.2) is 0 Å². The Morgan fingerprint density at radius 1 is 0.517 bits per heavy atom. The van der Waals surface area contributed by atoms with Crippen LogP contribution >= 0.6 is 0 Å². The van der Waals surface area contributed by atoms with Crippen molar-refractivity contribution >= 4 is 0 Å². The van der Waals surface area contributed by atoms with E-state index in [0.717, 1.165) is 19.0 Å². The molecule has 0 bridgehead atoms. The van der Waals surface area contributed by atoms with Crippen LogP contribution in [0.4, 0.5) is 0 Å². The first-order valence-electron chi connectivity index (χ1n) is 13.7. The van der Waals surface area contributed by atoms with Crippen LogP contribution in [0.1, 0.15) is 149 Å². The van der Waals surface area contributed by atoms with Crippen LogP contribution < -0.4 is 5.32 Å². The topological polar surface area (TPSA) is 32.3 Å². The van der Waals surface area contributed by atoms with Crippen LogP contribution in [0, 0.1) is 5.92 Å². The molecule has 0 radical (unpaired) electrons. The number of rotatable bonds is 25. The Bertz CT molecular complexity index is 282. The molecular weight excluding hydrogens is 354 g/mol. The van der Waals surface area contributed by atoms with Crippen molar-refractivity contribution in [3.8, 4) is 0 Å². The zero-order valence-electron chi connectivity index (χ0n) is 20.5. The second-order valence-corrected chi connectivity index (χ2v) is 9.34. The number of unbranched alkanes of at least 4 members (excludes halogenated alkanes) is 16. The van der Waals surface area contributed by atoms with Gasteiger partial charge < -0.3 is 10.4 Å². The second kappa shape index (κ2) is 26.0. The summed E-state index contributed by atoms with van der Waals surface area (Å²) in [6, 6.07) is 0. The van der Waals surface area contributed by atoms with E-state index in [4.69, 9.17) is 5.11 Å². The van der Waals surface area contributed by atoms with Crippen LogP contribution in [0.3, 0.4) is 0 Å². The molecule has 0 rings (SSSR count). The average Bonchev–Trinajstić information content (AvgIpc) is 2.74. The van der Waals surface area contributed by atoms with Gasteiger partial charge in [-0.2, -0.15) is 0 Å². The third-order valence-electron chi connectivity index (χ3n) is 6.55. The molecule has 0 saturated carbocycles. The molecule has 1 atom stereocenters. The third kappa shape index (κ3) is 24.1. The third-order valence-corrected chi connectivity index (χ3v) is 6.55. The van der Waals surface area contributed by atoms with Crippen molar-refractivity contribution in [1.29, 1.82) is 0 Å². The van der Waals surface area contributed by atoms with Crippen molar-refractivity contribution in [3.63, 3.8) is 0 Å². The van der Waals surface area contributed by atoms with Crippen molar-refractivity contribution in [1.82, 2.24) is 5.32 Å². The minimum atomic E-state index is 0.262. The number of aliphatic hydroxyl groups excluding tert-OH is 1. The van der Waals surface area contributed by atoms with Gasteiger partial charge in [0.25, 0.3) is 0 Å². The molecule has 0 fully saturated rings. The first kappa shape index (κ1) is 28.9. The Morgan fingerprint density at radius 2 is 0.931 bits per heavy atom. The first-order valence-corrected chi connectivity index (χ1v) is 13.7. The summed E-state index contributed by atoms with van der Waals surface area (Å²) in [4.78, 5) is 0. The highest BCUT2D eigenvalue weighted by molar-refractivity contribution is 4.59. The summed E-state index contributed by atoms with van der Waals surface area (Å²) >= 11 is 0. The maximum Gasteiger partial charge on any atom is 0.0555 e. The van der Waals surface area contributed by atoms with Gasteiger partial charge in [-0.1, -0.05) is 142 Å². The Hall–Kier alpha value is -0.0800. The van der Waals surface area contributed by atoms with E-state index in [2.05, 4.69) is 19.2 Å². The van der Waals surface area contributed by atoms with Gasteiger partial charge in [-0.15, -0.1) is 0 Å². The highest BCUT2D eigenvalue weighted by Gasteiger charge is 2.06. The zero-order valence-corrected chi connectivity index (χ0v) is 20.5. The van der Waals surface area contributed by atoms with Crippen molar-refractivity contribution in [2.75, 3.05) is 19.7 Å². The molecule has 0 saturated heterocycles. The summed E-state index contributed by atoms with van der Waals surface area (Å²) < 4.78 is 0. The van der Waals surface area contributed by atoms with E-state index in [9.17, 15) is 0 Å². The minimum Gasteiger partial charge on any atom is -0.395 e. The second-order valence-electron chi connectivity index (χ2n) is 9.34. The number of aliphatic hydroxyl groups is 1. The Balaban J connectivity index is 3.27. The fourth-order valence-electron chi connectivity index (χ4n) is 4.42. The lowest BCUT2D eigenvalue weighted by molar-refractivity contribution is 0.292. The summed E-state index contributed by atoms with van der Waals surface area (Å²) in [6.45, 7) is 6.78. The predicted molar refractivity (Wildman–Crippen MR) is 132 cm³/mol. The molecule has 1 unspecified atom stereocenters. The molecule has 2 nitrogen and oxygen atoms in total. The molecule has 0 aromatic heterocycles. The van der Waals surface area contributed by atoms with Gasteiger partial charge in [-0.25, -0.2) is 0 Å². The SMILES string of the molecule is CCCCCCCCCCCCC(CC)CCCCCCCCCCNCCO. The lowest BCUT2D eigenvalue weighted by Gasteiger charge is -2.14. The molecule has 2 N–H and O–H groups in total. The molecule has 2 heteroatoms. The summed E-state index contributed by atoms with van der Waals surface area (Å²) in [7, 11) is 0. The zero-order chi connectivity index (χ0) is 21.3. The van der Waals surface area contributed by atoms with Crippen LogP contribution in [0.25, 0.3) is 0 Å². The van der Waals surface area contributed by atoms with E-state index in [1.807, 2.05) is 0 Å². The van der Waals surface area contributed by atoms with Crippen LogP contribution in [0.2, 0.25) is 0 Å². The fourth-order valence-corrected chi connectivity index (χ4v) is 4.42. The maximum atomic E-state index is 8.71. The van der Waals surface area contributed by atoms with Crippen LogP contribution in [-0.4, -0.2) is 24.8 Å². The summed E-state index contributed by atoms with van der Waals surface area (Å²) in [5, 5.41) is 12.0. The molecule has 0 aliphatic carbocycles. The van der Waals surface area contributed by atoms with E-state index >= 15 is 0 Å². The summed E-state index contributed by atoms with van der Waals surface area (Å²) in [6.07, 6.45) is 30.1. The Morgan fingerprint density at radius 3 is 1.34 bits per heavy atom. The molecule has 0 heterocycles. The Labute approximate surface area is 185 Å². The van der Waals surface area contributed by atoms with Gasteiger partial charge in [-0.3, -0.25) is 0 Å².